The highest BCUT2D eigenvalue weighted by Gasteiger charge is 2.17. The molecule has 1 saturated heterocycles. The summed E-state index contributed by atoms with van der Waals surface area (Å²) in [5.74, 6) is 0.654. The smallest absolute Gasteiger partial charge is 0.145 e. The lowest BCUT2D eigenvalue weighted by Crippen LogP contribution is -2.32. The lowest BCUT2D eigenvalue weighted by Gasteiger charge is -2.29. The van der Waals surface area contributed by atoms with E-state index >= 15 is 0 Å². The predicted molar refractivity (Wildman–Crippen MR) is 50.0 cm³/mol. The van der Waals surface area contributed by atoms with Gasteiger partial charge in [-0.2, -0.15) is 0 Å². The Morgan fingerprint density at radius 3 is 3.08 bits per heavy atom. The van der Waals surface area contributed by atoms with Crippen LogP contribution < -0.4 is 0 Å². The van der Waals surface area contributed by atoms with Gasteiger partial charge in [-0.1, -0.05) is 6.58 Å². The molecule has 0 aliphatic carbocycles. The van der Waals surface area contributed by atoms with Crippen LogP contribution >= 0.6 is 0 Å². The summed E-state index contributed by atoms with van der Waals surface area (Å²) in [4.78, 5) is 12.7. The molecule has 0 aromatic rings. The minimum atomic E-state index is 0.654. The molecule has 0 spiro atoms. The van der Waals surface area contributed by atoms with E-state index in [2.05, 4.69) is 18.5 Å². The average molecular weight is 167 g/mol. The molecule has 0 saturated carbocycles. The van der Waals surface area contributed by atoms with Gasteiger partial charge in [0.05, 0.1) is 0 Å². The van der Waals surface area contributed by atoms with Crippen LogP contribution in [-0.2, 0) is 4.79 Å². The number of aldehydes is 1. The molecule has 68 valence electrons. The second-order valence-electron chi connectivity index (χ2n) is 3.75. The SMILES string of the molecule is C=C(C=O)CC1CCCN(C)C1. The first-order valence-electron chi connectivity index (χ1n) is 4.54. The highest BCUT2D eigenvalue weighted by molar-refractivity contribution is 5.71. The van der Waals surface area contributed by atoms with Crippen molar-refractivity contribution < 1.29 is 4.79 Å². The fraction of sp³-hybridized carbons (Fsp3) is 0.700. The molecule has 1 atom stereocenters. The predicted octanol–water partition coefficient (Wildman–Crippen LogP) is 1.47. The molecular weight excluding hydrogens is 150 g/mol. The van der Waals surface area contributed by atoms with E-state index in [1.54, 1.807) is 0 Å². The molecule has 1 aliphatic heterocycles. The van der Waals surface area contributed by atoms with Crippen molar-refractivity contribution in [1.82, 2.24) is 4.90 Å². The number of nitrogens with zero attached hydrogens (tertiary/aromatic N) is 1. The van der Waals surface area contributed by atoms with E-state index in [4.69, 9.17) is 0 Å². The second kappa shape index (κ2) is 4.41. The molecule has 1 unspecified atom stereocenters. The lowest BCUT2D eigenvalue weighted by molar-refractivity contribution is -0.105. The normalized spacial score (nSPS) is 25.2. The van der Waals surface area contributed by atoms with Gasteiger partial charge in [-0.3, -0.25) is 4.79 Å². The lowest BCUT2D eigenvalue weighted by atomic mass is 9.92. The molecule has 1 aliphatic rings. The van der Waals surface area contributed by atoms with Gasteiger partial charge >= 0.3 is 0 Å². The molecule has 0 aromatic heterocycles. The van der Waals surface area contributed by atoms with Crippen LogP contribution in [0.25, 0.3) is 0 Å². The third kappa shape index (κ3) is 2.78. The first-order chi connectivity index (χ1) is 5.72. The average Bonchev–Trinajstić information content (AvgIpc) is 2.04. The maximum absolute atomic E-state index is 10.3. The third-order valence-corrected chi connectivity index (χ3v) is 2.44. The Balaban J connectivity index is 2.31. The van der Waals surface area contributed by atoms with Crippen LogP contribution in [-0.4, -0.2) is 31.3 Å². The van der Waals surface area contributed by atoms with Crippen LogP contribution in [0.15, 0.2) is 12.2 Å². The topological polar surface area (TPSA) is 20.3 Å². The number of rotatable bonds is 3. The van der Waals surface area contributed by atoms with Crippen molar-refractivity contribution in [2.75, 3.05) is 20.1 Å². The minimum absolute atomic E-state index is 0.654. The number of carbonyl (C=O) groups excluding carboxylic acids is 1. The first kappa shape index (κ1) is 9.46. The second-order valence-corrected chi connectivity index (χ2v) is 3.75. The number of likely N-dealkylation sites (tertiary alicyclic amines) is 1. The molecule has 0 N–H and O–H groups in total. The van der Waals surface area contributed by atoms with Crippen molar-refractivity contribution in [2.45, 2.75) is 19.3 Å². The Bertz CT molecular complexity index is 177. The van der Waals surface area contributed by atoms with Gasteiger partial charge in [0.1, 0.15) is 6.29 Å². The van der Waals surface area contributed by atoms with Crippen LogP contribution in [0.1, 0.15) is 19.3 Å². The van der Waals surface area contributed by atoms with Gasteiger partial charge in [0.25, 0.3) is 0 Å². The summed E-state index contributed by atoms with van der Waals surface area (Å²) in [5, 5.41) is 0. The van der Waals surface area contributed by atoms with Gasteiger partial charge in [-0.05, 0) is 44.3 Å². The summed E-state index contributed by atoms with van der Waals surface area (Å²) >= 11 is 0. The monoisotopic (exact) mass is 167 g/mol. The Morgan fingerprint density at radius 1 is 1.75 bits per heavy atom. The molecule has 2 heteroatoms. The van der Waals surface area contributed by atoms with E-state index in [1.807, 2.05) is 0 Å². The Hall–Kier alpha value is -0.630. The molecular formula is C10H17NO. The number of carbonyl (C=O) groups is 1. The highest BCUT2D eigenvalue weighted by atomic mass is 16.1. The zero-order valence-corrected chi connectivity index (χ0v) is 7.75. The van der Waals surface area contributed by atoms with Crippen LogP contribution in [0.5, 0.6) is 0 Å². The van der Waals surface area contributed by atoms with Crippen molar-refractivity contribution in [2.24, 2.45) is 5.92 Å². The summed E-state index contributed by atoms with van der Waals surface area (Å²) in [6, 6.07) is 0. The summed E-state index contributed by atoms with van der Waals surface area (Å²) in [5.41, 5.74) is 0.746. The van der Waals surface area contributed by atoms with Crippen LogP contribution in [0.3, 0.4) is 0 Å². The molecule has 1 heterocycles. The Morgan fingerprint density at radius 2 is 2.50 bits per heavy atom. The molecule has 12 heavy (non-hydrogen) atoms. The Labute approximate surface area is 74.2 Å². The van der Waals surface area contributed by atoms with Gasteiger partial charge in [-0.25, -0.2) is 0 Å². The minimum Gasteiger partial charge on any atom is -0.306 e. The van der Waals surface area contributed by atoms with E-state index < -0.39 is 0 Å². The fourth-order valence-corrected chi connectivity index (χ4v) is 1.86. The van der Waals surface area contributed by atoms with Crippen molar-refractivity contribution >= 4 is 6.29 Å². The maximum atomic E-state index is 10.3. The van der Waals surface area contributed by atoms with Crippen LogP contribution in [0.2, 0.25) is 0 Å². The van der Waals surface area contributed by atoms with Gasteiger partial charge in [0.15, 0.2) is 0 Å². The third-order valence-electron chi connectivity index (χ3n) is 2.44. The van der Waals surface area contributed by atoms with E-state index in [-0.39, 0.29) is 0 Å². The maximum Gasteiger partial charge on any atom is 0.145 e. The van der Waals surface area contributed by atoms with Gasteiger partial charge in [0, 0.05) is 6.54 Å². The fourth-order valence-electron chi connectivity index (χ4n) is 1.86. The van der Waals surface area contributed by atoms with Crippen LogP contribution in [0.4, 0.5) is 0 Å². The molecule has 1 rings (SSSR count). The summed E-state index contributed by atoms with van der Waals surface area (Å²) in [6.45, 7) is 6.02. The van der Waals surface area contributed by atoms with Crippen molar-refractivity contribution in [1.29, 1.82) is 0 Å². The summed E-state index contributed by atoms with van der Waals surface area (Å²) in [7, 11) is 2.13. The van der Waals surface area contributed by atoms with E-state index in [0.717, 1.165) is 24.8 Å². The first-order valence-corrected chi connectivity index (χ1v) is 4.54. The molecule has 0 radical (unpaired) electrons. The van der Waals surface area contributed by atoms with E-state index in [0.29, 0.717) is 5.92 Å². The van der Waals surface area contributed by atoms with Crippen LogP contribution in [0, 0.1) is 5.92 Å². The molecule has 0 bridgehead atoms. The molecule has 0 amide bonds. The largest absolute Gasteiger partial charge is 0.306 e. The van der Waals surface area contributed by atoms with Crippen molar-refractivity contribution in [3.8, 4) is 0 Å². The highest BCUT2D eigenvalue weighted by Crippen LogP contribution is 2.20. The number of piperidine rings is 1. The number of allylic oxidation sites excluding steroid dienone is 1. The zero-order chi connectivity index (χ0) is 8.97. The summed E-state index contributed by atoms with van der Waals surface area (Å²) < 4.78 is 0. The zero-order valence-electron chi connectivity index (χ0n) is 7.75. The van der Waals surface area contributed by atoms with Crippen molar-refractivity contribution in [3.63, 3.8) is 0 Å². The van der Waals surface area contributed by atoms with Crippen molar-refractivity contribution in [3.05, 3.63) is 12.2 Å². The number of hydrogen-bond acceptors (Lipinski definition) is 2. The van der Waals surface area contributed by atoms with Gasteiger partial charge < -0.3 is 4.90 Å². The van der Waals surface area contributed by atoms with E-state index in [9.17, 15) is 4.79 Å². The molecule has 0 aromatic carbocycles. The molecule has 2 nitrogen and oxygen atoms in total. The number of hydrogen-bond donors (Lipinski definition) is 0. The summed E-state index contributed by atoms with van der Waals surface area (Å²) in [6.07, 6.45) is 4.27. The standard InChI is InChI=1S/C10H17NO/c1-9(8-12)6-10-4-3-5-11(2)7-10/h8,10H,1,3-7H2,2H3. The van der Waals surface area contributed by atoms with Gasteiger partial charge in [-0.15, -0.1) is 0 Å². The quantitative estimate of drug-likeness (QED) is 0.468. The van der Waals surface area contributed by atoms with Gasteiger partial charge in [0.2, 0.25) is 0 Å². The Kier molecular flexibility index (Phi) is 3.48. The van der Waals surface area contributed by atoms with E-state index in [1.165, 1.54) is 19.4 Å². The molecule has 1 fully saturated rings.